The van der Waals surface area contributed by atoms with Crippen molar-refractivity contribution in [2.45, 2.75) is 19.3 Å². The Morgan fingerprint density at radius 1 is 1.06 bits per heavy atom. The first-order chi connectivity index (χ1) is 8.34. The molecule has 1 N–H and O–H groups in total. The minimum Gasteiger partial charge on any atom is -0.371 e. The van der Waals surface area contributed by atoms with Crippen molar-refractivity contribution in [2.24, 2.45) is 0 Å². The third kappa shape index (κ3) is 1.93. The van der Waals surface area contributed by atoms with Crippen LogP contribution in [-0.2, 0) is 0 Å². The summed E-state index contributed by atoms with van der Waals surface area (Å²) in [6.45, 7) is 2.13. The monoisotopic (exact) mass is 228 g/mol. The molecule has 3 heteroatoms. The smallest absolute Gasteiger partial charge is 0.250 e. The van der Waals surface area contributed by atoms with Crippen LogP contribution in [0.4, 0.5) is 5.69 Å². The lowest BCUT2D eigenvalue weighted by Crippen LogP contribution is -2.30. The number of H-pyrrole nitrogens is 1. The van der Waals surface area contributed by atoms with Gasteiger partial charge in [-0.25, -0.2) is 0 Å². The van der Waals surface area contributed by atoms with Gasteiger partial charge in [0.2, 0.25) is 5.56 Å². The van der Waals surface area contributed by atoms with Crippen molar-refractivity contribution in [2.75, 3.05) is 18.0 Å². The summed E-state index contributed by atoms with van der Waals surface area (Å²) in [5.74, 6) is 0. The highest BCUT2D eigenvalue weighted by Gasteiger charge is 2.14. The van der Waals surface area contributed by atoms with Crippen LogP contribution in [0, 0.1) is 0 Å². The van der Waals surface area contributed by atoms with E-state index in [1.807, 2.05) is 18.2 Å². The first-order valence-corrected chi connectivity index (χ1v) is 6.21. The number of hydrogen-bond donors (Lipinski definition) is 1. The Morgan fingerprint density at radius 3 is 2.65 bits per heavy atom. The van der Waals surface area contributed by atoms with Crippen LogP contribution in [0.25, 0.3) is 10.9 Å². The van der Waals surface area contributed by atoms with E-state index in [1.165, 1.54) is 19.3 Å². The Morgan fingerprint density at radius 2 is 1.82 bits per heavy atom. The highest BCUT2D eigenvalue weighted by atomic mass is 16.1. The number of piperidine rings is 1. The maximum absolute atomic E-state index is 11.7. The van der Waals surface area contributed by atoms with E-state index in [-0.39, 0.29) is 5.56 Å². The molecule has 2 heterocycles. The fraction of sp³-hybridized carbons (Fsp3) is 0.357. The van der Waals surface area contributed by atoms with Gasteiger partial charge in [-0.2, -0.15) is 0 Å². The van der Waals surface area contributed by atoms with Gasteiger partial charge in [0.05, 0.1) is 11.2 Å². The minimum atomic E-state index is -0.00993. The first kappa shape index (κ1) is 10.4. The van der Waals surface area contributed by atoms with E-state index >= 15 is 0 Å². The van der Waals surface area contributed by atoms with E-state index in [9.17, 15) is 4.79 Å². The number of pyridine rings is 1. The quantitative estimate of drug-likeness (QED) is 0.814. The predicted molar refractivity (Wildman–Crippen MR) is 70.6 cm³/mol. The van der Waals surface area contributed by atoms with Gasteiger partial charge in [-0.3, -0.25) is 4.79 Å². The second-order valence-electron chi connectivity index (χ2n) is 4.61. The van der Waals surface area contributed by atoms with Gasteiger partial charge in [0.1, 0.15) is 0 Å². The second-order valence-corrected chi connectivity index (χ2v) is 4.61. The van der Waals surface area contributed by atoms with Crippen molar-refractivity contribution >= 4 is 16.6 Å². The van der Waals surface area contributed by atoms with Crippen LogP contribution in [0.3, 0.4) is 0 Å². The summed E-state index contributed by atoms with van der Waals surface area (Å²) in [6.07, 6.45) is 3.75. The third-order valence-corrected chi connectivity index (χ3v) is 3.43. The van der Waals surface area contributed by atoms with Gasteiger partial charge in [-0.1, -0.05) is 18.2 Å². The van der Waals surface area contributed by atoms with Crippen molar-refractivity contribution in [3.63, 3.8) is 0 Å². The molecule has 1 aromatic carbocycles. The van der Waals surface area contributed by atoms with Crippen LogP contribution in [0.5, 0.6) is 0 Å². The van der Waals surface area contributed by atoms with E-state index < -0.39 is 0 Å². The summed E-state index contributed by atoms with van der Waals surface area (Å²) in [6, 6.07) is 9.75. The Bertz CT molecular complexity index is 582. The van der Waals surface area contributed by atoms with Crippen molar-refractivity contribution in [3.8, 4) is 0 Å². The van der Waals surface area contributed by atoms with Gasteiger partial charge in [-0.05, 0) is 25.3 Å². The fourth-order valence-corrected chi connectivity index (χ4v) is 2.58. The summed E-state index contributed by atoms with van der Waals surface area (Å²) in [5.41, 5.74) is 2.01. The van der Waals surface area contributed by atoms with Gasteiger partial charge in [0.15, 0.2) is 0 Å². The Balaban J connectivity index is 2.16. The van der Waals surface area contributed by atoms with E-state index in [0.717, 1.165) is 29.7 Å². The summed E-state index contributed by atoms with van der Waals surface area (Å²) >= 11 is 0. The molecule has 0 atom stereocenters. The summed E-state index contributed by atoms with van der Waals surface area (Å²) < 4.78 is 0. The molecule has 3 nitrogen and oxygen atoms in total. The van der Waals surface area contributed by atoms with Crippen LogP contribution in [0.1, 0.15) is 19.3 Å². The van der Waals surface area contributed by atoms with Gasteiger partial charge in [0.25, 0.3) is 0 Å². The molecule has 1 fully saturated rings. The van der Waals surface area contributed by atoms with Crippen LogP contribution < -0.4 is 10.5 Å². The maximum Gasteiger partial charge on any atom is 0.250 e. The van der Waals surface area contributed by atoms with Crippen molar-refractivity contribution in [1.29, 1.82) is 0 Å². The van der Waals surface area contributed by atoms with Crippen LogP contribution >= 0.6 is 0 Å². The average molecular weight is 228 g/mol. The van der Waals surface area contributed by atoms with Gasteiger partial charge in [0, 0.05) is 24.5 Å². The lowest BCUT2D eigenvalue weighted by molar-refractivity contribution is 0.579. The largest absolute Gasteiger partial charge is 0.371 e. The molecule has 1 saturated heterocycles. The standard InChI is InChI=1S/C14H16N2O/c17-14-10-13(16-8-4-1-5-9-16)11-6-2-3-7-12(11)15-14/h2-3,6-7,10H,1,4-5,8-9H2,(H,15,17). The van der Waals surface area contributed by atoms with Gasteiger partial charge < -0.3 is 9.88 Å². The maximum atomic E-state index is 11.7. The molecule has 0 spiro atoms. The molecule has 1 aliphatic rings. The number of anilines is 1. The zero-order chi connectivity index (χ0) is 11.7. The number of nitrogens with zero attached hydrogens (tertiary/aromatic N) is 1. The number of rotatable bonds is 1. The van der Waals surface area contributed by atoms with E-state index in [2.05, 4.69) is 16.0 Å². The first-order valence-electron chi connectivity index (χ1n) is 6.21. The SMILES string of the molecule is O=c1cc(N2CCCCC2)c2ccccc2[nH]1. The number of aromatic nitrogens is 1. The number of hydrogen-bond acceptors (Lipinski definition) is 2. The second kappa shape index (κ2) is 4.24. The van der Waals surface area contributed by atoms with Gasteiger partial charge in [-0.15, -0.1) is 0 Å². The summed E-state index contributed by atoms with van der Waals surface area (Å²) in [7, 11) is 0. The number of nitrogens with one attached hydrogen (secondary N) is 1. The number of aromatic amines is 1. The topological polar surface area (TPSA) is 36.1 Å². The molecule has 0 amide bonds. The van der Waals surface area contributed by atoms with E-state index in [1.54, 1.807) is 6.07 Å². The zero-order valence-corrected chi connectivity index (χ0v) is 9.78. The highest BCUT2D eigenvalue weighted by Crippen LogP contribution is 2.26. The van der Waals surface area contributed by atoms with E-state index in [0.29, 0.717) is 0 Å². The summed E-state index contributed by atoms with van der Waals surface area (Å²) in [5, 5.41) is 1.15. The molecule has 1 aliphatic heterocycles. The lowest BCUT2D eigenvalue weighted by atomic mass is 10.1. The van der Waals surface area contributed by atoms with Crippen LogP contribution in [-0.4, -0.2) is 18.1 Å². The summed E-state index contributed by atoms with van der Waals surface area (Å²) in [4.78, 5) is 16.9. The predicted octanol–water partition coefficient (Wildman–Crippen LogP) is 2.52. The Kier molecular flexibility index (Phi) is 2.59. The van der Waals surface area contributed by atoms with E-state index in [4.69, 9.17) is 0 Å². The van der Waals surface area contributed by atoms with Crippen LogP contribution in [0.2, 0.25) is 0 Å². The molecule has 0 unspecified atom stereocenters. The molecule has 0 saturated carbocycles. The third-order valence-electron chi connectivity index (χ3n) is 3.43. The lowest BCUT2D eigenvalue weighted by Gasteiger charge is -2.29. The molecule has 0 bridgehead atoms. The number of fused-ring (bicyclic) bond motifs is 1. The molecule has 1 aromatic heterocycles. The number of para-hydroxylation sites is 1. The normalized spacial score (nSPS) is 16.4. The van der Waals surface area contributed by atoms with Crippen LogP contribution in [0.15, 0.2) is 35.1 Å². The average Bonchev–Trinajstić information content (AvgIpc) is 2.39. The van der Waals surface area contributed by atoms with Crippen molar-refractivity contribution < 1.29 is 0 Å². The zero-order valence-electron chi connectivity index (χ0n) is 9.78. The molecule has 0 aliphatic carbocycles. The molecular weight excluding hydrogens is 212 g/mol. The number of benzene rings is 1. The molecule has 17 heavy (non-hydrogen) atoms. The van der Waals surface area contributed by atoms with Gasteiger partial charge >= 0.3 is 0 Å². The molecule has 3 rings (SSSR count). The minimum absolute atomic E-state index is 0.00993. The van der Waals surface area contributed by atoms with Crippen molar-refractivity contribution in [1.82, 2.24) is 4.98 Å². The molecule has 88 valence electrons. The van der Waals surface area contributed by atoms with Crippen molar-refractivity contribution in [3.05, 3.63) is 40.7 Å². The molecule has 0 radical (unpaired) electrons. The molecular formula is C14H16N2O. The molecule has 2 aromatic rings. The fourth-order valence-electron chi connectivity index (χ4n) is 2.58. The Hall–Kier alpha value is -1.77. The Labute approximate surface area is 100 Å². The highest BCUT2D eigenvalue weighted by molar-refractivity contribution is 5.91.